The molecule has 1 amide bonds. The van der Waals surface area contributed by atoms with Crippen LogP contribution in [0.3, 0.4) is 0 Å². The minimum Gasteiger partial charge on any atom is -0.385 e. The number of hydrogen-bond acceptors (Lipinski definition) is 5. The highest BCUT2D eigenvalue weighted by atomic mass is 32.2. The van der Waals surface area contributed by atoms with Crippen molar-refractivity contribution in [3.8, 4) is 0 Å². The molecule has 1 atom stereocenters. The van der Waals surface area contributed by atoms with E-state index in [2.05, 4.69) is 0 Å². The predicted molar refractivity (Wildman–Crippen MR) is 113 cm³/mol. The third-order valence-corrected chi connectivity index (χ3v) is 8.53. The van der Waals surface area contributed by atoms with Crippen molar-refractivity contribution in [2.24, 2.45) is 0 Å². The number of amides is 1. The van der Waals surface area contributed by atoms with E-state index >= 15 is 0 Å². The second kappa shape index (κ2) is 8.94. The van der Waals surface area contributed by atoms with Gasteiger partial charge in [0.2, 0.25) is 15.9 Å². The Hall–Kier alpha value is -1.48. The predicted octanol–water partition coefficient (Wildman–Crippen LogP) is 1.98. The number of sulfonamides is 1. The molecule has 166 valence electrons. The number of nitrogens with zero attached hydrogens (tertiary/aromatic N) is 2. The Kier molecular flexibility index (Phi) is 6.48. The van der Waals surface area contributed by atoms with Gasteiger partial charge in [0.25, 0.3) is 0 Å². The number of carbonyl (C=O) groups excluding carboxylic acids is 1. The summed E-state index contributed by atoms with van der Waals surface area (Å²) in [5.41, 5.74) is 1.81. The Morgan fingerprint density at radius 2 is 1.97 bits per heavy atom. The molecule has 0 radical (unpaired) electrons. The highest BCUT2D eigenvalue weighted by Crippen LogP contribution is 2.34. The van der Waals surface area contributed by atoms with Crippen molar-refractivity contribution in [2.45, 2.75) is 55.4 Å². The van der Waals surface area contributed by atoms with Gasteiger partial charge in [0.05, 0.1) is 17.0 Å². The monoisotopic (exact) mass is 436 g/mol. The maximum absolute atomic E-state index is 13.6. The number of aryl methyl sites for hydroxylation is 2. The number of rotatable bonds is 6. The molecule has 2 heterocycles. The van der Waals surface area contributed by atoms with Crippen LogP contribution in [0.25, 0.3) is 0 Å². The Morgan fingerprint density at radius 3 is 2.70 bits per heavy atom. The minimum atomic E-state index is -3.68. The van der Waals surface area contributed by atoms with Gasteiger partial charge in [0.1, 0.15) is 0 Å². The number of methoxy groups -OCH3 is 1. The summed E-state index contributed by atoms with van der Waals surface area (Å²) in [7, 11) is -2.04. The SMILES string of the molecule is COCCCN1C(=O)CCN(S(=O)(=O)c2ccc3c(c2)CCCC3)CC12CCOC2. The summed E-state index contributed by atoms with van der Waals surface area (Å²) in [5, 5.41) is 0. The second-order valence-electron chi connectivity index (χ2n) is 8.64. The van der Waals surface area contributed by atoms with Crippen molar-refractivity contribution >= 4 is 15.9 Å². The van der Waals surface area contributed by atoms with E-state index in [9.17, 15) is 13.2 Å². The van der Waals surface area contributed by atoms with E-state index in [0.717, 1.165) is 37.7 Å². The second-order valence-corrected chi connectivity index (χ2v) is 10.6. The Morgan fingerprint density at radius 1 is 1.17 bits per heavy atom. The molecule has 8 heteroatoms. The van der Waals surface area contributed by atoms with Crippen LogP contribution >= 0.6 is 0 Å². The lowest BCUT2D eigenvalue weighted by atomic mass is 9.92. The highest BCUT2D eigenvalue weighted by molar-refractivity contribution is 7.89. The molecule has 3 aliphatic rings. The Balaban J connectivity index is 1.62. The van der Waals surface area contributed by atoms with Gasteiger partial charge in [-0.15, -0.1) is 0 Å². The molecule has 0 bridgehead atoms. The zero-order chi connectivity index (χ0) is 21.2. The number of fused-ring (bicyclic) bond motifs is 1. The summed E-state index contributed by atoms with van der Waals surface area (Å²) in [4.78, 5) is 15.2. The van der Waals surface area contributed by atoms with Crippen LogP contribution in [0.1, 0.15) is 43.2 Å². The summed E-state index contributed by atoms with van der Waals surface area (Å²) in [6.45, 7) is 2.54. The molecular weight excluding hydrogens is 404 g/mol. The molecule has 2 aliphatic heterocycles. The van der Waals surface area contributed by atoms with Crippen LogP contribution in [0.15, 0.2) is 23.1 Å². The first-order valence-corrected chi connectivity index (χ1v) is 12.4. The smallest absolute Gasteiger partial charge is 0.243 e. The summed E-state index contributed by atoms with van der Waals surface area (Å²) < 4.78 is 39.5. The summed E-state index contributed by atoms with van der Waals surface area (Å²) >= 11 is 0. The van der Waals surface area contributed by atoms with Gasteiger partial charge in [-0.2, -0.15) is 4.31 Å². The van der Waals surface area contributed by atoms with E-state index < -0.39 is 15.6 Å². The van der Waals surface area contributed by atoms with Gasteiger partial charge in [-0.25, -0.2) is 8.42 Å². The summed E-state index contributed by atoms with van der Waals surface area (Å²) in [6.07, 6.45) is 5.79. The van der Waals surface area contributed by atoms with Gasteiger partial charge >= 0.3 is 0 Å². The number of carbonyl (C=O) groups is 1. The maximum atomic E-state index is 13.6. The maximum Gasteiger partial charge on any atom is 0.243 e. The van der Waals surface area contributed by atoms with E-state index in [-0.39, 0.29) is 25.4 Å². The lowest BCUT2D eigenvalue weighted by Gasteiger charge is -2.40. The van der Waals surface area contributed by atoms with Crippen LogP contribution in [0, 0.1) is 0 Å². The lowest BCUT2D eigenvalue weighted by molar-refractivity contribution is -0.136. The first kappa shape index (κ1) is 21.7. The fraction of sp³-hybridized carbons (Fsp3) is 0.682. The van der Waals surface area contributed by atoms with Gasteiger partial charge in [-0.05, 0) is 61.8 Å². The van der Waals surface area contributed by atoms with Crippen LogP contribution in [-0.4, -0.2) is 75.6 Å². The molecule has 1 aliphatic carbocycles. The average Bonchev–Trinajstić information content (AvgIpc) is 3.17. The molecule has 7 nitrogen and oxygen atoms in total. The van der Waals surface area contributed by atoms with Crippen molar-refractivity contribution in [1.82, 2.24) is 9.21 Å². The van der Waals surface area contributed by atoms with Crippen LogP contribution in [-0.2, 0) is 37.1 Å². The standard InChI is InChI=1S/C22H32N2O5S/c1-28-13-4-11-24-21(25)9-12-23(16-22(24)10-14-29-17-22)30(26,27)20-8-7-18-5-2-3-6-19(18)15-20/h7-8,15H,2-6,9-14,16-17H2,1H3. The average molecular weight is 437 g/mol. The summed E-state index contributed by atoms with van der Waals surface area (Å²) in [6, 6.07) is 5.56. The van der Waals surface area contributed by atoms with Gasteiger partial charge in [-0.1, -0.05) is 6.07 Å². The van der Waals surface area contributed by atoms with Crippen molar-refractivity contribution in [3.05, 3.63) is 29.3 Å². The largest absolute Gasteiger partial charge is 0.385 e. The molecule has 0 aromatic heterocycles. The molecule has 1 spiro atoms. The minimum absolute atomic E-state index is 0.000237. The van der Waals surface area contributed by atoms with E-state index in [1.54, 1.807) is 13.2 Å². The fourth-order valence-corrected chi connectivity index (χ4v) is 6.57. The molecule has 1 aromatic rings. The molecule has 2 fully saturated rings. The molecular formula is C22H32N2O5S. The fourth-order valence-electron chi connectivity index (χ4n) is 5.00. The lowest BCUT2D eigenvalue weighted by Crippen LogP contribution is -2.57. The third-order valence-electron chi connectivity index (χ3n) is 6.69. The van der Waals surface area contributed by atoms with Crippen LogP contribution in [0.5, 0.6) is 0 Å². The molecule has 0 saturated carbocycles. The van der Waals surface area contributed by atoms with Crippen LogP contribution < -0.4 is 0 Å². The van der Waals surface area contributed by atoms with E-state index in [4.69, 9.17) is 9.47 Å². The number of ether oxygens (including phenoxy) is 2. The molecule has 1 unspecified atom stereocenters. The van der Waals surface area contributed by atoms with Gasteiger partial charge in [-0.3, -0.25) is 4.79 Å². The molecule has 0 N–H and O–H groups in total. The summed E-state index contributed by atoms with van der Waals surface area (Å²) in [5.74, 6) is -0.000237. The van der Waals surface area contributed by atoms with Gasteiger partial charge < -0.3 is 14.4 Å². The Bertz CT molecular complexity index is 880. The van der Waals surface area contributed by atoms with E-state index in [0.29, 0.717) is 37.7 Å². The van der Waals surface area contributed by atoms with Crippen LogP contribution in [0.4, 0.5) is 0 Å². The first-order chi connectivity index (χ1) is 14.5. The van der Waals surface area contributed by atoms with E-state index in [1.165, 1.54) is 9.87 Å². The van der Waals surface area contributed by atoms with Crippen molar-refractivity contribution in [3.63, 3.8) is 0 Å². The number of benzene rings is 1. The van der Waals surface area contributed by atoms with Crippen LogP contribution in [0.2, 0.25) is 0 Å². The van der Waals surface area contributed by atoms with Gasteiger partial charge in [0.15, 0.2) is 0 Å². The first-order valence-electron chi connectivity index (χ1n) is 11.0. The molecule has 1 aromatic carbocycles. The topological polar surface area (TPSA) is 76.2 Å². The van der Waals surface area contributed by atoms with E-state index in [1.807, 2.05) is 17.0 Å². The zero-order valence-electron chi connectivity index (χ0n) is 17.8. The molecule has 2 saturated heterocycles. The zero-order valence-corrected chi connectivity index (χ0v) is 18.6. The van der Waals surface area contributed by atoms with Gasteiger partial charge in [0, 0.05) is 46.4 Å². The Labute approximate surface area is 179 Å². The number of hydrogen-bond donors (Lipinski definition) is 0. The third kappa shape index (κ3) is 4.15. The van der Waals surface area contributed by atoms with Crippen molar-refractivity contribution in [2.75, 3.05) is 46.6 Å². The normalized spacial score (nSPS) is 25.5. The highest BCUT2D eigenvalue weighted by Gasteiger charge is 2.48. The molecule has 4 rings (SSSR count). The molecule has 30 heavy (non-hydrogen) atoms. The van der Waals surface area contributed by atoms with Crippen molar-refractivity contribution < 1.29 is 22.7 Å². The van der Waals surface area contributed by atoms with Crippen molar-refractivity contribution in [1.29, 1.82) is 0 Å². The quantitative estimate of drug-likeness (QED) is 0.638.